The van der Waals surface area contributed by atoms with E-state index in [1.165, 1.54) is 38.2 Å². The Morgan fingerprint density at radius 2 is 2.09 bits per heavy atom. The summed E-state index contributed by atoms with van der Waals surface area (Å²) in [5, 5.41) is 10.8. The Labute approximate surface area is 135 Å². The predicted molar refractivity (Wildman–Crippen MR) is 84.1 cm³/mol. The van der Waals surface area contributed by atoms with Gasteiger partial charge in [0.2, 0.25) is 0 Å². The first kappa shape index (κ1) is 16.2. The van der Waals surface area contributed by atoms with E-state index in [-0.39, 0.29) is 18.0 Å². The molecule has 126 valence electrons. The zero-order valence-electron chi connectivity index (χ0n) is 13.4. The van der Waals surface area contributed by atoms with Crippen LogP contribution in [-0.2, 0) is 0 Å². The van der Waals surface area contributed by atoms with Gasteiger partial charge in [0.25, 0.3) is 5.91 Å². The number of amides is 1. The summed E-state index contributed by atoms with van der Waals surface area (Å²) >= 11 is 0. The summed E-state index contributed by atoms with van der Waals surface area (Å²) in [5.74, 6) is -0.411. The van der Waals surface area contributed by atoms with Crippen LogP contribution in [0.25, 0.3) is 0 Å². The van der Waals surface area contributed by atoms with E-state index < -0.39 is 11.4 Å². The summed E-state index contributed by atoms with van der Waals surface area (Å²) in [6.07, 6.45) is 2.88. The molecule has 6 heteroatoms. The number of aliphatic hydroxyl groups is 1. The van der Waals surface area contributed by atoms with E-state index in [1.54, 1.807) is 4.90 Å². The van der Waals surface area contributed by atoms with Crippen LogP contribution in [0.1, 0.15) is 29.6 Å². The maximum atomic E-state index is 13.5. The molecule has 1 amide bonds. The van der Waals surface area contributed by atoms with Crippen molar-refractivity contribution >= 4 is 5.91 Å². The van der Waals surface area contributed by atoms with Crippen LogP contribution in [0.4, 0.5) is 4.39 Å². The molecular formula is C17H23FN2O3. The molecule has 1 atom stereocenters. The summed E-state index contributed by atoms with van der Waals surface area (Å²) in [5.41, 5.74) is -0.668. The third kappa shape index (κ3) is 3.48. The second-order valence-corrected chi connectivity index (χ2v) is 6.53. The van der Waals surface area contributed by atoms with Gasteiger partial charge in [0.05, 0.1) is 24.8 Å². The second kappa shape index (κ2) is 6.45. The van der Waals surface area contributed by atoms with Crippen molar-refractivity contribution in [3.05, 3.63) is 29.6 Å². The van der Waals surface area contributed by atoms with Crippen LogP contribution >= 0.6 is 0 Å². The number of β-amino-alcohol motifs (C(OH)–C–C–N with tert-alkyl or cyclic N) is 1. The number of hydrogen-bond donors (Lipinski definition) is 1. The average molecular weight is 322 g/mol. The second-order valence-electron chi connectivity index (χ2n) is 6.53. The van der Waals surface area contributed by atoms with Gasteiger partial charge in [0.15, 0.2) is 0 Å². The molecule has 2 heterocycles. The van der Waals surface area contributed by atoms with Gasteiger partial charge in [-0.25, -0.2) is 4.39 Å². The van der Waals surface area contributed by atoms with Crippen molar-refractivity contribution in [2.45, 2.75) is 24.9 Å². The largest absolute Gasteiger partial charge is 0.496 e. The number of nitrogens with zero attached hydrogens (tertiary/aromatic N) is 2. The minimum absolute atomic E-state index is 0.206. The molecular weight excluding hydrogens is 299 g/mol. The zero-order chi connectivity index (χ0) is 16.4. The summed E-state index contributed by atoms with van der Waals surface area (Å²) in [6.45, 7) is 3.36. The average Bonchev–Trinajstić information content (AvgIpc) is 3.16. The first-order chi connectivity index (χ1) is 11.0. The highest BCUT2D eigenvalue weighted by Gasteiger charge is 2.40. The summed E-state index contributed by atoms with van der Waals surface area (Å²) in [6, 6.07) is 3.91. The molecule has 0 spiro atoms. The van der Waals surface area contributed by atoms with Gasteiger partial charge in [-0.2, -0.15) is 0 Å². The minimum Gasteiger partial charge on any atom is -0.496 e. The molecule has 0 aliphatic carbocycles. The van der Waals surface area contributed by atoms with Crippen molar-refractivity contribution < 1.29 is 19.0 Å². The Hall–Kier alpha value is -1.66. The molecule has 2 aliphatic rings. The molecule has 0 saturated carbocycles. The monoisotopic (exact) mass is 322 g/mol. The van der Waals surface area contributed by atoms with Crippen molar-refractivity contribution in [3.63, 3.8) is 0 Å². The van der Waals surface area contributed by atoms with Crippen LogP contribution in [0.15, 0.2) is 18.2 Å². The Balaban J connectivity index is 1.70. The minimum atomic E-state index is -0.874. The van der Waals surface area contributed by atoms with E-state index in [0.29, 0.717) is 25.3 Å². The van der Waals surface area contributed by atoms with Gasteiger partial charge in [-0.05, 0) is 50.6 Å². The number of benzene rings is 1. The van der Waals surface area contributed by atoms with E-state index in [0.717, 1.165) is 13.1 Å². The number of rotatable bonds is 4. The van der Waals surface area contributed by atoms with Crippen molar-refractivity contribution in [2.24, 2.45) is 0 Å². The topological polar surface area (TPSA) is 53.0 Å². The molecule has 2 aliphatic heterocycles. The molecule has 0 aromatic heterocycles. The number of likely N-dealkylation sites (tertiary alicyclic amines) is 2. The predicted octanol–water partition coefficient (Wildman–Crippen LogP) is 1.51. The fourth-order valence-electron chi connectivity index (χ4n) is 3.53. The molecule has 2 fully saturated rings. The van der Waals surface area contributed by atoms with Crippen LogP contribution in [0.2, 0.25) is 0 Å². The molecule has 1 aromatic rings. The van der Waals surface area contributed by atoms with Gasteiger partial charge in [-0.1, -0.05) is 0 Å². The first-order valence-corrected chi connectivity index (χ1v) is 8.08. The van der Waals surface area contributed by atoms with Crippen LogP contribution in [0, 0.1) is 5.82 Å². The number of carbonyl (C=O) groups excluding carboxylic acids is 1. The maximum Gasteiger partial charge on any atom is 0.257 e. The smallest absolute Gasteiger partial charge is 0.257 e. The molecule has 23 heavy (non-hydrogen) atoms. The van der Waals surface area contributed by atoms with Crippen molar-refractivity contribution in [1.82, 2.24) is 9.80 Å². The Morgan fingerprint density at radius 3 is 2.78 bits per heavy atom. The van der Waals surface area contributed by atoms with Crippen molar-refractivity contribution in [2.75, 3.05) is 39.8 Å². The highest BCUT2D eigenvalue weighted by Crippen LogP contribution is 2.28. The molecule has 0 bridgehead atoms. The highest BCUT2D eigenvalue weighted by atomic mass is 19.1. The number of ether oxygens (including phenoxy) is 1. The van der Waals surface area contributed by atoms with Crippen molar-refractivity contribution in [3.8, 4) is 5.75 Å². The van der Waals surface area contributed by atoms with E-state index >= 15 is 0 Å². The molecule has 0 unspecified atom stereocenters. The van der Waals surface area contributed by atoms with Gasteiger partial charge < -0.3 is 19.6 Å². The van der Waals surface area contributed by atoms with E-state index in [2.05, 4.69) is 4.90 Å². The third-order valence-corrected chi connectivity index (χ3v) is 4.73. The lowest BCUT2D eigenvalue weighted by molar-refractivity contribution is 0.0175. The lowest BCUT2D eigenvalue weighted by Crippen LogP contribution is -2.45. The lowest BCUT2D eigenvalue weighted by atomic mass is 10.0. The fourth-order valence-corrected chi connectivity index (χ4v) is 3.53. The van der Waals surface area contributed by atoms with E-state index in [1.807, 2.05) is 0 Å². The SMILES string of the molecule is COc1ccc(F)cc1C(=O)N1CC[C@](O)(CN2CCCC2)C1. The molecule has 3 rings (SSSR count). The number of halogens is 1. The van der Waals surface area contributed by atoms with E-state index in [9.17, 15) is 14.3 Å². The molecule has 2 saturated heterocycles. The Bertz CT molecular complexity index is 589. The number of hydrogen-bond acceptors (Lipinski definition) is 4. The highest BCUT2D eigenvalue weighted by molar-refractivity contribution is 5.97. The van der Waals surface area contributed by atoms with Crippen LogP contribution in [-0.4, -0.2) is 66.2 Å². The number of carbonyl (C=O) groups is 1. The lowest BCUT2D eigenvalue weighted by Gasteiger charge is -2.28. The van der Waals surface area contributed by atoms with Crippen molar-refractivity contribution in [1.29, 1.82) is 0 Å². The molecule has 0 radical (unpaired) electrons. The molecule has 5 nitrogen and oxygen atoms in total. The van der Waals surface area contributed by atoms with Gasteiger partial charge in [0, 0.05) is 13.1 Å². The summed E-state index contributed by atoms with van der Waals surface area (Å²) in [7, 11) is 1.46. The fraction of sp³-hybridized carbons (Fsp3) is 0.588. The first-order valence-electron chi connectivity index (χ1n) is 8.08. The Morgan fingerprint density at radius 1 is 1.35 bits per heavy atom. The van der Waals surface area contributed by atoms with Crippen LogP contribution in [0.3, 0.4) is 0 Å². The quantitative estimate of drug-likeness (QED) is 0.913. The van der Waals surface area contributed by atoms with E-state index in [4.69, 9.17) is 4.74 Å². The van der Waals surface area contributed by atoms with Crippen LogP contribution < -0.4 is 4.74 Å². The third-order valence-electron chi connectivity index (χ3n) is 4.73. The van der Waals surface area contributed by atoms with Gasteiger partial charge >= 0.3 is 0 Å². The summed E-state index contributed by atoms with van der Waals surface area (Å²) < 4.78 is 18.6. The maximum absolute atomic E-state index is 13.5. The Kier molecular flexibility index (Phi) is 4.55. The molecule has 1 N–H and O–H groups in total. The van der Waals surface area contributed by atoms with Crippen LogP contribution in [0.5, 0.6) is 5.75 Å². The van der Waals surface area contributed by atoms with Gasteiger partial charge in [-0.3, -0.25) is 4.79 Å². The van der Waals surface area contributed by atoms with Gasteiger partial charge in [0.1, 0.15) is 11.6 Å². The zero-order valence-corrected chi connectivity index (χ0v) is 13.4. The normalized spacial score (nSPS) is 25.1. The van der Waals surface area contributed by atoms with Gasteiger partial charge in [-0.15, -0.1) is 0 Å². The standard InChI is InChI=1S/C17H23FN2O3/c1-23-15-5-4-13(18)10-14(15)16(21)20-9-6-17(22,12-20)11-19-7-2-3-8-19/h4-5,10,22H,2-3,6-9,11-12H2,1H3/t17-/m0/s1. The number of methoxy groups -OCH3 is 1. The summed E-state index contributed by atoms with van der Waals surface area (Å²) in [4.78, 5) is 16.5. The molecule has 1 aromatic carbocycles.